The molecule has 0 aromatic heterocycles. The Bertz CT molecular complexity index is 532. The zero-order chi connectivity index (χ0) is 13.7. The Morgan fingerprint density at radius 3 is 2.26 bits per heavy atom. The second-order valence-corrected chi connectivity index (χ2v) is 4.35. The van der Waals surface area contributed by atoms with Crippen LogP contribution in [-0.4, -0.2) is 18.2 Å². The highest BCUT2D eigenvalue weighted by Crippen LogP contribution is 2.22. The lowest BCUT2D eigenvalue weighted by Crippen LogP contribution is -2.14. The zero-order valence-corrected chi connectivity index (χ0v) is 10.7. The maximum Gasteiger partial charge on any atom is 0.311 e. The number of hydrogen-bond donors (Lipinski definition) is 1. The third kappa shape index (κ3) is 3.35. The Morgan fingerprint density at radius 1 is 1.11 bits per heavy atom. The van der Waals surface area contributed by atoms with E-state index in [9.17, 15) is 9.90 Å². The van der Waals surface area contributed by atoms with E-state index in [1.165, 1.54) is 0 Å². The first-order valence-electron chi connectivity index (χ1n) is 6.11. The predicted molar refractivity (Wildman–Crippen MR) is 73.5 cm³/mol. The molecular weight excluding hydrogens is 240 g/mol. The van der Waals surface area contributed by atoms with E-state index in [4.69, 9.17) is 4.74 Å². The molecule has 0 amide bonds. The molecule has 2 aromatic carbocycles. The third-order valence-corrected chi connectivity index (χ3v) is 3.10. The van der Waals surface area contributed by atoms with Crippen molar-refractivity contribution in [3.05, 3.63) is 65.7 Å². The van der Waals surface area contributed by atoms with E-state index in [-0.39, 0.29) is 0 Å². The lowest BCUT2D eigenvalue weighted by atomic mass is 9.92. The van der Waals surface area contributed by atoms with Gasteiger partial charge in [-0.3, -0.25) is 4.79 Å². The SMILES string of the molecule is COc1ccc(C[C@@H](C(=O)O)c2ccccc2)cc1. The fourth-order valence-corrected chi connectivity index (χ4v) is 2.03. The number of carbonyl (C=O) groups is 1. The number of ether oxygens (including phenoxy) is 1. The van der Waals surface area contributed by atoms with Gasteiger partial charge in [0.25, 0.3) is 0 Å². The summed E-state index contributed by atoms with van der Waals surface area (Å²) in [6.45, 7) is 0. The maximum atomic E-state index is 11.4. The highest BCUT2D eigenvalue weighted by Gasteiger charge is 2.19. The zero-order valence-electron chi connectivity index (χ0n) is 10.7. The topological polar surface area (TPSA) is 46.5 Å². The van der Waals surface area contributed by atoms with Gasteiger partial charge in [0, 0.05) is 0 Å². The molecule has 0 saturated carbocycles. The summed E-state index contributed by atoms with van der Waals surface area (Å²) >= 11 is 0. The molecular formula is C16H16O3. The smallest absolute Gasteiger partial charge is 0.311 e. The number of methoxy groups -OCH3 is 1. The number of benzene rings is 2. The summed E-state index contributed by atoms with van der Waals surface area (Å²) in [6, 6.07) is 16.8. The van der Waals surface area contributed by atoms with Gasteiger partial charge in [0.15, 0.2) is 0 Å². The first-order valence-corrected chi connectivity index (χ1v) is 6.11. The molecule has 0 radical (unpaired) electrons. The number of rotatable bonds is 5. The predicted octanol–water partition coefficient (Wildman–Crippen LogP) is 3.11. The van der Waals surface area contributed by atoms with Gasteiger partial charge in [-0.1, -0.05) is 42.5 Å². The molecule has 2 aromatic rings. The molecule has 3 heteroatoms. The lowest BCUT2D eigenvalue weighted by Gasteiger charge is -2.13. The lowest BCUT2D eigenvalue weighted by molar-refractivity contribution is -0.138. The highest BCUT2D eigenvalue weighted by molar-refractivity contribution is 5.76. The number of carboxylic acids is 1. The number of aliphatic carboxylic acids is 1. The summed E-state index contributed by atoms with van der Waals surface area (Å²) in [5.74, 6) is -0.549. The molecule has 0 fully saturated rings. The molecule has 0 heterocycles. The van der Waals surface area contributed by atoms with E-state index in [1.807, 2.05) is 54.6 Å². The normalized spacial score (nSPS) is 11.8. The standard InChI is InChI=1S/C16H16O3/c1-19-14-9-7-12(8-10-14)11-15(16(17)18)13-5-3-2-4-6-13/h2-10,15H,11H2,1H3,(H,17,18)/t15-/m1/s1. The highest BCUT2D eigenvalue weighted by atomic mass is 16.5. The Kier molecular flexibility index (Phi) is 4.18. The Morgan fingerprint density at radius 2 is 1.74 bits per heavy atom. The molecule has 0 aliphatic rings. The van der Waals surface area contributed by atoms with Crippen molar-refractivity contribution in [1.82, 2.24) is 0 Å². The van der Waals surface area contributed by atoms with Crippen LogP contribution in [0.5, 0.6) is 5.75 Å². The largest absolute Gasteiger partial charge is 0.497 e. The second-order valence-electron chi connectivity index (χ2n) is 4.35. The first-order chi connectivity index (χ1) is 9.20. The molecule has 2 rings (SSSR count). The Hall–Kier alpha value is -2.29. The van der Waals surface area contributed by atoms with Gasteiger partial charge in [-0.25, -0.2) is 0 Å². The molecule has 0 bridgehead atoms. The van der Waals surface area contributed by atoms with Crippen molar-refractivity contribution >= 4 is 5.97 Å². The van der Waals surface area contributed by atoms with Gasteiger partial charge in [0.2, 0.25) is 0 Å². The van der Waals surface area contributed by atoms with Crippen LogP contribution in [0, 0.1) is 0 Å². The minimum atomic E-state index is -0.804. The molecule has 19 heavy (non-hydrogen) atoms. The van der Waals surface area contributed by atoms with Crippen molar-refractivity contribution in [1.29, 1.82) is 0 Å². The van der Waals surface area contributed by atoms with E-state index >= 15 is 0 Å². The first kappa shape index (κ1) is 13.1. The van der Waals surface area contributed by atoms with Crippen LogP contribution >= 0.6 is 0 Å². The van der Waals surface area contributed by atoms with E-state index in [2.05, 4.69) is 0 Å². The van der Waals surface area contributed by atoms with Gasteiger partial charge in [-0.05, 0) is 29.7 Å². The van der Waals surface area contributed by atoms with Crippen molar-refractivity contribution in [3.63, 3.8) is 0 Å². The molecule has 1 atom stereocenters. The van der Waals surface area contributed by atoms with Crippen LogP contribution in [0.25, 0.3) is 0 Å². The second kappa shape index (κ2) is 6.05. The van der Waals surface area contributed by atoms with Crippen LogP contribution in [0.4, 0.5) is 0 Å². The molecule has 0 aliphatic heterocycles. The van der Waals surface area contributed by atoms with Gasteiger partial charge >= 0.3 is 5.97 Å². The van der Waals surface area contributed by atoms with E-state index < -0.39 is 11.9 Å². The number of carboxylic acid groups (broad SMARTS) is 1. The Balaban J connectivity index is 2.19. The monoisotopic (exact) mass is 256 g/mol. The molecule has 0 saturated heterocycles. The van der Waals surface area contributed by atoms with E-state index in [1.54, 1.807) is 7.11 Å². The van der Waals surface area contributed by atoms with Crippen LogP contribution in [-0.2, 0) is 11.2 Å². The van der Waals surface area contributed by atoms with Crippen molar-refractivity contribution in [2.75, 3.05) is 7.11 Å². The van der Waals surface area contributed by atoms with Crippen molar-refractivity contribution in [2.24, 2.45) is 0 Å². The summed E-state index contributed by atoms with van der Waals surface area (Å²) in [5, 5.41) is 9.36. The molecule has 0 spiro atoms. The summed E-state index contributed by atoms with van der Waals surface area (Å²) in [6.07, 6.45) is 0.476. The quantitative estimate of drug-likeness (QED) is 0.894. The van der Waals surface area contributed by atoms with Crippen molar-refractivity contribution in [3.8, 4) is 5.75 Å². The molecule has 0 unspecified atom stereocenters. The summed E-state index contributed by atoms with van der Waals surface area (Å²) < 4.78 is 5.09. The van der Waals surface area contributed by atoms with Gasteiger partial charge in [0.05, 0.1) is 13.0 Å². The van der Waals surface area contributed by atoms with E-state index in [0.717, 1.165) is 16.9 Å². The molecule has 1 N–H and O–H groups in total. The van der Waals surface area contributed by atoms with Crippen LogP contribution in [0.2, 0.25) is 0 Å². The van der Waals surface area contributed by atoms with Crippen LogP contribution in [0.15, 0.2) is 54.6 Å². The average Bonchev–Trinajstić information content (AvgIpc) is 2.46. The number of hydrogen-bond acceptors (Lipinski definition) is 2. The van der Waals surface area contributed by atoms with Gasteiger partial charge in [-0.2, -0.15) is 0 Å². The van der Waals surface area contributed by atoms with Crippen molar-refractivity contribution < 1.29 is 14.6 Å². The van der Waals surface area contributed by atoms with Crippen LogP contribution in [0.3, 0.4) is 0 Å². The molecule has 3 nitrogen and oxygen atoms in total. The van der Waals surface area contributed by atoms with Crippen molar-refractivity contribution in [2.45, 2.75) is 12.3 Å². The molecule has 0 aliphatic carbocycles. The summed E-state index contributed by atoms with van der Waals surface area (Å²) in [7, 11) is 1.61. The van der Waals surface area contributed by atoms with Crippen LogP contribution in [0.1, 0.15) is 17.0 Å². The minimum absolute atomic E-state index is 0.476. The fraction of sp³-hybridized carbons (Fsp3) is 0.188. The molecule has 98 valence electrons. The van der Waals surface area contributed by atoms with Gasteiger partial charge in [-0.15, -0.1) is 0 Å². The maximum absolute atomic E-state index is 11.4. The fourth-order valence-electron chi connectivity index (χ4n) is 2.03. The Labute approximate surface area is 112 Å². The average molecular weight is 256 g/mol. The summed E-state index contributed by atoms with van der Waals surface area (Å²) in [4.78, 5) is 11.4. The summed E-state index contributed by atoms with van der Waals surface area (Å²) in [5.41, 5.74) is 1.81. The van der Waals surface area contributed by atoms with Gasteiger partial charge < -0.3 is 9.84 Å². The van der Waals surface area contributed by atoms with Gasteiger partial charge in [0.1, 0.15) is 5.75 Å². The van der Waals surface area contributed by atoms with Crippen LogP contribution < -0.4 is 4.74 Å². The minimum Gasteiger partial charge on any atom is -0.497 e. The van der Waals surface area contributed by atoms with E-state index in [0.29, 0.717) is 6.42 Å². The third-order valence-electron chi connectivity index (χ3n) is 3.10.